The molecule has 11 aromatic rings. The summed E-state index contributed by atoms with van der Waals surface area (Å²) in [6.07, 6.45) is 0. The van der Waals surface area contributed by atoms with E-state index in [2.05, 4.69) is 109 Å². The van der Waals surface area contributed by atoms with E-state index in [0.29, 0.717) is 23.4 Å². The van der Waals surface area contributed by atoms with Crippen molar-refractivity contribution in [2.75, 3.05) is 0 Å². The van der Waals surface area contributed by atoms with Gasteiger partial charge in [0.2, 0.25) is 5.89 Å². The number of oxazole rings is 1. The Labute approximate surface area is 313 Å². The van der Waals surface area contributed by atoms with E-state index in [0.717, 1.165) is 60.6 Å². The third-order valence-electron chi connectivity index (χ3n) is 10.1. The molecular formula is C48H28N4OS. The summed E-state index contributed by atoms with van der Waals surface area (Å²) in [4.78, 5) is 20.0. The van der Waals surface area contributed by atoms with Crippen molar-refractivity contribution >= 4 is 64.2 Å². The number of rotatable bonds is 5. The van der Waals surface area contributed by atoms with Gasteiger partial charge in [0.15, 0.2) is 23.1 Å². The van der Waals surface area contributed by atoms with Gasteiger partial charge in [-0.1, -0.05) is 127 Å². The summed E-state index contributed by atoms with van der Waals surface area (Å²) < 4.78 is 9.07. The molecule has 3 aromatic heterocycles. The van der Waals surface area contributed by atoms with Gasteiger partial charge in [-0.2, -0.15) is 0 Å². The number of benzene rings is 8. The van der Waals surface area contributed by atoms with Gasteiger partial charge in [-0.05, 0) is 69.6 Å². The Morgan fingerprint density at radius 2 is 0.926 bits per heavy atom. The van der Waals surface area contributed by atoms with E-state index < -0.39 is 0 Å². The van der Waals surface area contributed by atoms with Crippen LogP contribution >= 0.6 is 11.3 Å². The number of hydrogen-bond acceptors (Lipinski definition) is 6. The van der Waals surface area contributed by atoms with Crippen molar-refractivity contribution in [1.29, 1.82) is 0 Å². The smallest absolute Gasteiger partial charge is 0.227 e. The second-order valence-corrected chi connectivity index (χ2v) is 14.6. The minimum atomic E-state index is 0.620. The van der Waals surface area contributed by atoms with Gasteiger partial charge in [0.25, 0.3) is 0 Å². The summed E-state index contributed by atoms with van der Waals surface area (Å²) >= 11 is 1.79. The molecule has 8 aromatic carbocycles. The molecule has 0 spiro atoms. The van der Waals surface area contributed by atoms with Crippen molar-refractivity contribution in [2.24, 2.45) is 0 Å². The van der Waals surface area contributed by atoms with Crippen molar-refractivity contribution in [2.45, 2.75) is 0 Å². The Bertz CT molecular complexity index is 3220. The Morgan fingerprint density at radius 1 is 0.389 bits per heavy atom. The first kappa shape index (κ1) is 30.6. The van der Waals surface area contributed by atoms with Crippen molar-refractivity contribution in [3.05, 3.63) is 170 Å². The lowest BCUT2D eigenvalue weighted by atomic mass is 9.95. The van der Waals surface area contributed by atoms with Gasteiger partial charge in [-0.25, -0.2) is 19.9 Å². The zero-order chi connectivity index (χ0) is 35.6. The van der Waals surface area contributed by atoms with Crippen LogP contribution in [0, 0.1) is 0 Å². The zero-order valence-corrected chi connectivity index (χ0v) is 29.6. The van der Waals surface area contributed by atoms with Crippen LogP contribution in [0.3, 0.4) is 0 Å². The average Bonchev–Trinajstić information content (AvgIpc) is 3.84. The van der Waals surface area contributed by atoms with Crippen molar-refractivity contribution in [3.8, 4) is 56.7 Å². The van der Waals surface area contributed by atoms with E-state index in [-0.39, 0.29) is 0 Å². The molecule has 0 aliphatic rings. The number of nitrogens with zero attached hydrogens (tertiary/aromatic N) is 4. The third-order valence-corrected chi connectivity index (χ3v) is 11.2. The first-order valence-corrected chi connectivity index (χ1v) is 18.7. The first-order chi connectivity index (χ1) is 26.7. The van der Waals surface area contributed by atoms with Gasteiger partial charge >= 0.3 is 0 Å². The fourth-order valence-corrected chi connectivity index (χ4v) is 8.62. The van der Waals surface area contributed by atoms with E-state index in [1.165, 1.54) is 25.6 Å². The first-order valence-electron chi connectivity index (χ1n) is 17.9. The summed E-state index contributed by atoms with van der Waals surface area (Å²) in [5, 5.41) is 6.92. The molecule has 3 heterocycles. The molecule has 0 saturated carbocycles. The summed E-state index contributed by atoms with van der Waals surface area (Å²) in [5.41, 5.74) is 7.55. The lowest BCUT2D eigenvalue weighted by molar-refractivity contribution is 0.621. The topological polar surface area (TPSA) is 64.7 Å². The zero-order valence-electron chi connectivity index (χ0n) is 28.8. The third kappa shape index (κ3) is 5.15. The lowest BCUT2D eigenvalue weighted by Gasteiger charge is -2.11. The monoisotopic (exact) mass is 708 g/mol. The Kier molecular flexibility index (Phi) is 6.97. The van der Waals surface area contributed by atoms with Gasteiger partial charge < -0.3 is 4.42 Å². The SMILES string of the molecule is c1ccc(-c2nc(-c3ccc4ccccc4c3)nc(-c3ccc4cc(-c5c6oc(-c7ccccc7)nc6cc6sc7ccccc7c56)ccc4c3)n2)cc1. The molecule has 0 aliphatic heterocycles. The Morgan fingerprint density at radius 3 is 1.65 bits per heavy atom. The molecular weight excluding hydrogens is 681 g/mol. The quantitative estimate of drug-likeness (QED) is 0.178. The van der Waals surface area contributed by atoms with Crippen LogP contribution in [0.5, 0.6) is 0 Å². The van der Waals surface area contributed by atoms with Crippen LogP contribution in [0.2, 0.25) is 0 Å². The van der Waals surface area contributed by atoms with Crippen LogP contribution in [0.4, 0.5) is 0 Å². The second-order valence-electron chi connectivity index (χ2n) is 13.5. The second kappa shape index (κ2) is 12.3. The van der Waals surface area contributed by atoms with Crippen LogP contribution < -0.4 is 0 Å². The molecule has 0 fully saturated rings. The van der Waals surface area contributed by atoms with E-state index in [4.69, 9.17) is 24.4 Å². The predicted molar refractivity (Wildman–Crippen MR) is 222 cm³/mol. The molecule has 0 saturated heterocycles. The van der Waals surface area contributed by atoms with Gasteiger partial charge in [-0.3, -0.25) is 0 Å². The Hall–Kier alpha value is -7.02. The summed E-state index contributed by atoms with van der Waals surface area (Å²) in [5.74, 6) is 2.53. The molecule has 252 valence electrons. The van der Waals surface area contributed by atoms with E-state index >= 15 is 0 Å². The van der Waals surface area contributed by atoms with Crippen LogP contribution in [-0.4, -0.2) is 19.9 Å². The van der Waals surface area contributed by atoms with Gasteiger partial charge in [0.1, 0.15) is 5.52 Å². The molecule has 0 N–H and O–H groups in total. The number of hydrogen-bond donors (Lipinski definition) is 0. The highest BCUT2D eigenvalue weighted by atomic mass is 32.1. The van der Waals surface area contributed by atoms with E-state index in [1.807, 2.05) is 60.7 Å². The molecule has 0 radical (unpaired) electrons. The highest BCUT2D eigenvalue weighted by molar-refractivity contribution is 7.26. The van der Waals surface area contributed by atoms with Gasteiger partial charge in [0.05, 0.1) is 0 Å². The fourth-order valence-electron chi connectivity index (χ4n) is 7.47. The average molecular weight is 709 g/mol. The van der Waals surface area contributed by atoms with Crippen LogP contribution in [-0.2, 0) is 0 Å². The molecule has 5 nitrogen and oxygen atoms in total. The molecule has 0 atom stereocenters. The minimum Gasteiger partial charge on any atom is -0.435 e. The maximum Gasteiger partial charge on any atom is 0.227 e. The maximum absolute atomic E-state index is 6.65. The summed E-state index contributed by atoms with van der Waals surface area (Å²) in [6, 6.07) is 58.8. The summed E-state index contributed by atoms with van der Waals surface area (Å²) in [7, 11) is 0. The lowest BCUT2D eigenvalue weighted by Crippen LogP contribution is -2.00. The highest BCUT2D eigenvalue weighted by Gasteiger charge is 2.21. The van der Waals surface area contributed by atoms with Gasteiger partial charge in [-0.15, -0.1) is 11.3 Å². The molecule has 54 heavy (non-hydrogen) atoms. The van der Waals surface area contributed by atoms with E-state index in [1.54, 1.807) is 11.3 Å². The number of aromatic nitrogens is 4. The number of fused-ring (bicyclic) bond motifs is 6. The van der Waals surface area contributed by atoms with Crippen molar-refractivity contribution < 1.29 is 4.42 Å². The molecule has 0 unspecified atom stereocenters. The maximum atomic E-state index is 6.65. The summed E-state index contributed by atoms with van der Waals surface area (Å²) in [6.45, 7) is 0. The highest BCUT2D eigenvalue weighted by Crippen LogP contribution is 2.45. The molecule has 0 bridgehead atoms. The standard InChI is InChI=1S/C48H28N4OS/c1-3-12-30(13-4-1)45-50-46(36-23-19-29-11-7-8-16-32(29)26-36)52-47(51-45)37-24-21-33-25-35(22-20-34(33)27-37)42-43-38-17-9-10-18-40(38)54-41(43)28-39-44(42)53-48(49-39)31-14-5-2-6-15-31/h1-28H. The molecule has 0 amide bonds. The molecule has 6 heteroatoms. The van der Waals surface area contributed by atoms with Crippen LogP contribution in [0.1, 0.15) is 0 Å². The van der Waals surface area contributed by atoms with Crippen molar-refractivity contribution in [1.82, 2.24) is 19.9 Å². The largest absolute Gasteiger partial charge is 0.435 e. The number of thiophene rings is 1. The normalized spacial score (nSPS) is 11.7. The molecule has 0 aliphatic carbocycles. The predicted octanol–water partition coefficient (Wildman–Crippen LogP) is 13.0. The van der Waals surface area contributed by atoms with Gasteiger partial charge in [0, 0.05) is 48.0 Å². The Balaban J connectivity index is 1.07. The van der Waals surface area contributed by atoms with Crippen LogP contribution in [0.25, 0.3) is 110 Å². The molecule has 11 rings (SSSR count). The van der Waals surface area contributed by atoms with Crippen LogP contribution in [0.15, 0.2) is 174 Å². The van der Waals surface area contributed by atoms with Crippen molar-refractivity contribution in [3.63, 3.8) is 0 Å². The fraction of sp³-hybridized carbons (Fsp3) is 0. The minimum absolute atomic E-state index is 0.620. The van der Waals surface area contributed by atoms with E-state index in [9.17, 15) is 0 Å².